The van der Waals surface area contributed by atoms with Gasteiger partial charge in [0, 0.05) is 24.5 Å². The summed E-state index contributed by atoms with van der Waals surface area (Å²) in [6.45, 7) is 6.32. The third-order valence-corrected chi connectivity index (χ3v) is 4.32. The Morgan fingerprint density at radius 1 is 1.62 bits per heavy atom. The average Bonchev–Trinajstić information content (AvgIpc) is 2.77. The van der Waals surface area contributed by atoms with E-state index in [0.717, 1.165) is 25.4 Å². The normalized spacial score (nSPS) is 26.1. The van der Waals surface area contributed by atoms with Gasteiger partial charge in [0.1, 0.15) is 0 Å². The van der Waals surface area contributed by atoms with E-state index >= 15 is 0 Å². The minimum atomic E-state index is 0.486. The van der Waals surface area contributed by atoms with E-state index in [1.165, 1.54) is 23.7 Å². The van der Waals surface area contributed by atoms with Gasteiger partial charge in [-0.15, -0.1) is 11.3 Å². The molecule has 1 aromatic rings. The van der Waals surface area contributed by atoms with Crippen LogP contribution in [0.2, 0.25) is 0 Å². The highest BCUT2D eigenvalue weighted by atomic mass is 32.1. The quantitative estimate of drug-likeness (QED) is 0.880. The molecule has 2 unspecified atom stereocenters. The highest BCUT2D eigenvalue weighted by molar-refractivity contribution is 7.13. The predicted octanol–water partition coefficient (Wildman–Crippen LogP) is 2.27. The second-order valence-electron chi connectivity index (χ2n) is 4.69. The molecule has 2 heterocycles. The van der Waals surface area contributed by atoms with Gasteiger partial charge < -0.3 is 10.6 Å². The summed E-state index contributed by atoms with van der Waals surface area (Å²) in [5.74, 6) is 0.801. The Morgan fingerprint density at radius 3 is 3.06 bits per heavy atom. The van der Waals surface area contributed by atoms with Gasteiger partial charge in [0.05, 0.1) is 5.69 Å². The van der Waals surface area contributed by atoms with Crippen LogP contribution in [0.1, 0.15) is 32.4 Å². The van der Waals surface area contributed by atoms with Crippen molar-refractivity contribution in [2.75, 3.05) is 18.0 Å². The molecule has 2 atom stereocenters. The van der Waals surface area contributed by atoms with Gasteiger partial charge >= 0.3 is 0 Å². The van der Waals surface area contributed by atoms with Crippen molar-refractivity contribution in [3.63, 3.8) is 0 Å². The number of hydrogen-bond acceptors (Lipinski definition) is 4. The highest BCUT2D eigenvalue weighted by Gasteiger charge is 2.26. The minimum absolute atomic E-state index is 0.486. The zero-order valence-corrected chi connectivity index (χ0v) is 11.0. The molecule has 3 nitrogen and oxygen atoms in total. The van der Waals surface area contributed by atoms with Crippen LogP contribution >= 0.6 is 11.3 Å². The summed E-state index contributed by atoms with van der Waals surface area (Å²) in [5, 5.41) is 3.33. The molecule has 1 aliphatic heterocycles. The summed E-state index contributed by atoms with van der Waals surface area (Å²) in [6, 6.07) is 0.486. The first-order valence-electron chi connectivity index (χ1n) is 6.15. The smallest absolute Gasteiger partial charge is 0.185 e. The number of aryl methyl sites for hydroxylation is 1. The van der Waals surface area contributed by atoms with E-state index in [-0.39, 0.29) is 0 Å². The molecule has 90 valence electrons. The van der Waals surface area contributed by atoms with Gasteiger partial charge in [0.2, 0.25) is 0 Å². The lowest BCUT2D eigenvalue weighted by Gasteiger charge is -2.37. The van der Waals surface area contributed by atoms with E-state index in [1.807, 2.05) is 0 Å². The van der Waals surface area contributed by atoms with Crippen molar-refractivity contribution >= 4 is 16.5 Å². The number of nitrogens with zero attached hydrogens (tertiary/aromatic N) is 2. The maximum atomic E-state index is 5.87. The topological polar surface area (TPSA) is 42.1 Å². The average molecular weight is 239 g/mol. The summed E-state index contributed by atoms with van der Waals surface area (Å²) in [6.07, 6.45) is 3.49. The molecule has 0 saturated carbocycles. The number of nitrogens with two attached hydrogens (primary N) is 1. The van der Waals surface area contributed by atoms with Crippen molar-refractivity contribution in [2.45, 2.75) is 39.2 Å². The molecule has 1 fully saturated rings. The molecule has 2 rings (SSSR count). The molecule has 0 aliphatic carbocycles. The summed E-state index contributed by atoms with van der Waals surface area (Å²) in [4.78, 5) is 7.07. The van der Waals surface area contributed by atoms with Gasteiger partial charge in [-0.3, -0.25) is 0 Å². The van der Waals surface area contributed by atoms with Crippen LogP contribution in [0.15, 0.2) is 5.38 Å². The molecule has 0 spiro atoms. The fraction of sp³-hybridized carbons (Fsp3) is 0.750. The molecule has 0 amide bonds. The third-order valence-electron chi connectivity index (χ3n) is 3.40. The summed E-state index contributed by atoms with van der Waals surface area (Å²) >= 11 is 1.76. The molecule has 1 saturated heterocycles. The zero-order chi connectivity index (χ0) is 11.5. The van der Waals surface area contributed by atoms with Gasteiger partial charge in [-0.25, -0.2) is 4.98 Å². The van der Waals surface area contributed by atoms with Crippen LogP contribution in [0, 0.1) is 5.92 Å². The summed E-state index contributed by atoms with van der Waals surface area (Å²) in [5.41, 5.74) is 7.07. The van der Waals surface area contributed by atoms with Gasteiger partial charge in [0.15, 0.2) is 5.13 Å². The van der Waals surface area contributed by atoms with Crippen LogP contribution < -0.4 is 10.6 Å². The van der Waals surface area contributed by atoms with Crippen molar-refractivity contribution in [3.05, 3.63) is 11.1 Å². The van der Waals surface area contributed by atoms with Gasteiger partial charge in [-0.05, 0) is 25.2 Å². The Bertz CT molecular complexity index is 337. The second-order valence-corrected chi connectivity index (χ2v) is 5.52. The maximum Gasteiger partial charge on any atom is 0.185 e. The predicted molar refractivity (Wildman–Crippen MR) is 70.1 cm³/mol. The van der Waals surface area contributed by atoms with Crippen molar-refractivity contribution < 1.29 is 0 Å². The number of hydrogen-bond donors (Lipinski definition) is 1. The van der Waals surface area contributed by atoms with Crippen molar-refractivity contribution in [3.8, 4) is 0 Å². The highest BCUT2D eigenvalue weighted by Crippen LogP contribution is 2.29. The van der Waals surface area contributed by atoms with Crippen LogP contribution in [0.4, 0.5) is 5.13 Å². The summed E-state index contributed by atoms with van der Waals surface area (Å²) < 4.78 is 0. The third kappa shape index (κ3) is 2.38. The SMILES string of the molecule is CCc1csc(N2CCC(C)CC2CN)n1. The molecule has 0 aromatic carbocycles. The Balaban J connectivity index is 2.12. The molecule has 0 radical (unpaired) electrons. The Hall–Kier alpha value is -0.610. The van der Waals surface area contributed by atoms with Crippen molar-refractivity contribution in [2.24, 2.45) is 11.7 Å². The molecular formula is C12H21N3S. The molecular weight excluding hydrogens is 218 g/mol. The summed E-state index contributed by atoms with van der Waals surface area (Å²) in [7, 11) is 0. The van der Waals surface area contributed by atoms with Crippen molar-refractivity contribution in [1.82, 2.24) is 4.98 Å². The van der Waals surface area contributed by atoms with Crippen LogP contribution in [0.25, 0.3) is 0 Å². The van der Waals surface area contributed by atoms with Gasteiger partial charge in [-0.1, -0.05) is 13.8 Å². The van der Waals surface area contributed by atoms with Crippen LogP contribution in [0.5, 0.6) is 0 Å². The lowest BCUT2D eigenvalue weighted by atomic mass is 9.93. The van der Waals surface area contributed by atoms with E-state index in [1.54, 1.807) is 11.3 Å². The number of aromatic nitrogens is 1. The molecule has 0 bridgehead atoms. The number of anilines is 1. The van der Waals surface area contributed by atoms with Crippen LogP contribution in [-0.2, 0) is 6.42 Å². The van der Waals surface area contributed by atoms with Crippen molar-refractivity contribution in [1.29, 1.82) is 0 Å². The first kappa shape index (κ1) is 11.9. The van der Waals surface area contributed by atoms with E-state index in [0.29, 0.717) is 6.04 Å². The fourth-order valence-corrected chi connectivity index (χ4v) is 3.32. The first-order chi connectivity index (χ1) is 7.74. The number of piperidine rings is 1. The number of rotatable bonds is 3. The Labute approximate surface area is 102 Å². The maximum absolute atomic E-state index is 5.87. The molecule has 1 aliphatic rings. The van der Waals surface area contributed by atoms with Crippen LogP contribution in [0.3, 0.4) is 0 Å². The Kier molecular flexibility index (Phi) is 3.82. The lowest BCUT2D eigenvalue weighted by molar-refractivity contribution is 0.366. The van der Waals surface area contributed by atoms with E-state index < -0.39 is 0 Å². The number of thiazole rings is 1. The molecule has 2 N–H and O–H groups in total. The second kappa shape index (κ2) is 5.15. The zero-order valence-electron chi connectivity index (χ0n) is 10.1. The molecule has 1 aromatic heterocycles. The van der Waals surface area contributed by atoms with Gasteiger partial charge in [0.25, 0.3) is 0 Å². The fourth-order valence-electron chi connectivity index (χ4n) is 2.32. The largest absolute Gasteiger partial charge is 0.344 e. The van der Waals surface area contributed by atoms with E-state index in [9.17, 15) is 0 Å². The molecule has 4 heteroatoms. The first-order valence-corrected chi connectivity index (χ1v) is 7.03. The minimum Gasteiger partial charge on any atom is -0.344 e. The monoisotopic (exact) mass is 239 g/mol. The molecule has 16 heavy (non-hydrogen) atoms. The van der Waals surface area contributed by atoms with E-state index in [2.05, 4.69) is 29.1 Å². The van der Waals surface area contributed by atoms with Crippen LogP contribution in [-0.4, -0.2) is 24.1 Å². The standard InChI is InChI=1S/C12H21N3S/c1-3-10-8-16-12(14-10)15-5-4-9(2)6-11(15)7-13/h8-9,11H,3-7,13H2,1-2H3. The lowest BCUT2D eigenvalue weighted by Crippen LogP contribution is -2.46. The van der Waals surface area contributed by atoms with E-state index in [4.69, 9.17) is 5.73 Å². The Morgan fingerprint density at radius 2 is 2.44 bits per heavy atom. The van der Waals surface area contributed by atoms with Gasteiger partial charge in [-0.2, -0.15) is 0 Å².